The predicted molar refractivity (Wildman–Crippen MR) is 31.5 cm³/mol. The van der Waals surface area contributed by atoms with Crippen molar-refractivity contribution in [2.75, 3.05) is 13.1 Å². The third kappa shape index (κ3) is 1.62. The Hall–Kier alpha value is -0.740. The highest BCUT2D eigenvalue weighted by Gasteiger charge is 2.35. The summed E-state index contributed by atoms with van der Waals surface area (Å²) in [6.45, 7) is -0.157. The number of halogens is 2. The molecule has 0 spiro atoms. The Balaban J connectivity index is 2.47. The summed E-state index contributed by atoms with van der Waals surface area (Å²) in [4.78, 5) is 9.79. The van der Waals surface area contributed by atoms with E-state index in [9.17, 15) is 13.7 Å². The second-order valence-electron chi connectivity index (χ2n) is 2.43. The van der Waals surface area contributed by atoms with Crippen molar-refractivity contribution in [2.45, 2.75) is 18.8 Å². The average molecular weight is 150 g/mol. The van der Waals surface area contributed by atoms with E-state index in [0.29, 0.717) is 13.0 Å². The Bertz CT molecular complexity index is 140. The van der Waals surface area contributed by atoms with Gasteiger partial charge in [0.1, 0.15) is 6.54 Å². The topological polar surface area (TPSA) is 32.7 Å². The Morgan fingerprint density at radius 2 is 2.20 bits per heavy atom. The fraction of sp³-hybridized carbons (Fsp3) is 1.00. The lowest BCUT2D eigenvalue weighted by Crippen LogP contribution is -2.39. The van der Waals surface area contributed by atoms with Crippen molar-refractivity contribution in [2.24, 2.45) is 5.29 Å². The Morgan fingerprint density at radius 3 is 2.60 bits per heavy atom. The molecule has 0 amide bonds. The zero-order chi connectivity index (χ0) is 7.61. The summed E-state index contributed by atoms with van der Waals surface area (Å²) in [6.07, 6.45) is 0.220. The standard InChI is InChI=1S/C5H8F2N2O/c6-5(7)2-1-3-9(4-5)8-10/h1-4H2. The van der Waals surface area contributed by atoms with E-state index in [4.69, 9.17) is 0 Å². The number of rotatable bonds is 1. The van der Waals surface area contributed by atoms with Crippen molar-refractivity contribution in [3.8, 4) is 0 Å². The van der Waals surface area contributed by atoms with E-state index in [1.807, 2.05) is 0 Å². The molecule has 5 heteroatoms. The summed E-state index contributed by atoms with van der Waals surface area (Å²) < 4.78 is 24.8. The molecular weight excluding hydrogens is 142 g/mol. The van der Waals surface area contributed by atoms with Gasteiger partial charge in [0.25, 0.3) is 5.92 Å². The lowest BCUT2D eigenvalue weighted by molar-refractivity contribution is -0.0639. The largest absolute Gasteiger partial charge is 0.267 e. The summed E-state index contributed by atoms with van der Waals surface area (Å²) in [5.74, 6) is -2.72. The minimum absolute atomic E-state index is 0.126. The Kier molecular flexibility index (Phi) is 1.82. The van der Waals surface area contributed by atoms with Gasteiger partial charge in [0, 0.05) is 13.0 Å². The van der Waals surface area contributed by atoms with E-state index in [2.05, 4.69) is 5.29 Å². The minimum Gasteiger partial charge on any atom is -0.255 e. The van der Waals surface area contributed by atoms with E-state index >= 15 is 0 Å². The summed E-state index contributed by atoms with van der Waals surface area (Å²) in [6, 6.07) is 0. The zero-order valence-electron chi connectivity index (χ0n) is 5.39. The Labute approximate surface area is 56.9 Å². The maximum Gasteiger partial charge on any atom is 0.267 e. The van der Waals surface area contributed by atoms with Crippen LogP contribution in [0.4, 0.5) is 8.78 Å². The van der Waals surface area contributed by atoms with Crippen LogP contribution in [0.2, 0.25) is 0 Å². The molecule has 58 valence electrons. The molecule has 0 saturated carbocycles. The second kappa shape index (κ2) is 2.48. The van der Waals surface area contributed by atoms with Gasteiger partial charge in [0.15, 0.2) is 0 Å². The minimum atomic E-state index is -2.72. The predicted octanol–water partition coefficient (Wildman–Crippen LogP) is 1.40. The maximum absolute atomic E-state index is 12.4. The van der Waals surface area contributed by atoms with Crippen molar-refractivity contribution in [1.29, 1.82) is 0 Å². The van der Waals surface area contributed by atoms with Crippen molar-refractivity contribution >= 4 is 0 Å². The van der Waals surface area contributed by atoms with Crippen LogP contribution >= 0.6 is 0 Å². The number of nitroso groups, excluding NO2 is 1. The summed E-state index contributed by atoms with van der Waals surface area (Å²) in [5, 5.41) is 3.31. The van der Waals surface area contributed by atoms with Crippen molar-refractivity contribution in [3.63, 3.8) is 0 Å². The molecule has 0 aromatic carbocycles. The summed E-state index contributed by atoms with van der Waals surface area (Å²) in [5.41, 5.74) is 0. The first-order valence-electron chi connectivity index (χ1n) is 3.10. The van der Waals surface area contributed by atoms with Crippen LogP contribution in [0.1, 0.15) is 12.8 Å². The van der Waals surface area contributed by atoms with E-state index in [1.165, 1.54) is 0 Å². The molecule has 10 heavy (non-hydrogen) atoms. The molecule has 1 heterocycles. The summed E-state index contributed by atoms with van der Waals surface area (Å²) in [7, 11) is 0. The number of nitrogens with zero attached hydrogens (tertiary/aromatic N) is 2. The quantitative estimate of drug-likeness (QED) is 0.529. The van der Waals surface area contributed by atoms with Crippen LogP contribution in [0.15, 0.2) is 5.29 Å². The summed E-state index contributed by atoms with van der Waals surface area (Å²) >= 11 is 0. The van der Waals surface area contributed by atoms with Gasteiger partial charge in [0.05, 0.1) is 5.29 Å². The van der Waals surface area contributed by atoms with E-state index in [-0.39, 0.29) is 6.42 Å². The Morgan fingerprint density at radius 1 is 1.50 bits per heavy atom. The third-order valence-electron chi connectivity index (χ3n) is 1.49. The molecule has 1 saturated heterocycles. The number of hydrogen-bond donors (Lipinski definition) is 0. The van der Waals surface area contributed by atoms with Crippen molar-refractivity contribution in [1.82, 2.24) is 5.01 Å². The fourth-order valence-electron chi connectivity index (χ4n) is 1.02. The molecule has 3 nitrogen and oxygen atoms in total. The second-order valence-corrected chi connectivity index (χ2v) is 2.43. The molecule has 0 unspecified atom stereocenters. The molecule has 1 aliphatic heterocycles. The molecule has 0 aromatic rings. The van der Waals surface area contributed by atoms with Crippen LogP contribution in [-0.2, 0) is 0 Å². The lowest BCUT2D eigenvalue weighted by atomic mass is 10.1. The van der Waals surface area contributed by atoms with E-state index in [1.54, 1.807) is 0 Å². The highest BCUT2D eigenvalue weighted by atomic mass is 19.3. The van der Waals surface area contributed by atoms with Gasteiger partial charge in [-0.3, -0.25) is 5.01 Å². The smallest absolute Gasteiger partial charge is 0.255 e. The number of hydrogen-bond acceptors (Lipinski definition) is 2. The molecule has 1 rings (SSSR count). The maximum atomic E-state index is 12.4. The molecule has 1 fully saturated rings. The van der Waals surface area contributed by atoms with Crippen molar-refractivity contribution < 1.29 is 8.78 Å². The normalized spacial score (nSPS) is 24.4. The van der Waals surface area contributed by atoms with Crippen LogP contribution in [0, 0.1) is 4.91 Å². The van der Waals surface area contributed by atoms with Gasteiger partial charge in [-0.2, -0.15) is 0 Å². The van der Waals surface area contributed by atoms with E-state index < -0.39 is 12.5 Å². The first kappa shape index (κ1) is 7.37. The van der Waals surface area contributed by atoms with Gasteiger partial charge < -0.3 is 0 Å². The molecule has 0 atom stereocenters. The first-order chi connectivity index (χ1) is 4.64. The zero-order valence-corrected chi connectivity index (χ0v) is 5.39. The average Bonchev–Trinajstić information content (AvgIpc) is 1.86. The highest BCUT2D eigenvalue weighted by Crippen LogP contribution is 2.26. The van der Waals surface area contributed by atoms with Gasteiger partial charge >= 0.3 is 0 Å². The molecule has 1 aliphatic rings. The molecule has 0 bridgehead atoms. The molecule has 0 radical (unpaired) electrons. The lowest BCUT2D eigenvalue weighted by Gasteiger charge is -2.27. The van der Waals surface area contributed by atoms with Crippen LogP contribution < -0.4 is 0 Å². The fourth-order valence-corrected chi connectivity index (χ4v) is 1.02. The van der Waals surface area contributed by atoms with E-state index in [0.717, 1.165) is 5.01 Å². The van der Waals surface area contributed by atoms with Gasteiger partial charge in [0.2, 0.25) is 0 Å². The number of piperidine rings is 1. The molecule has 0 aromatic heterocycles. The van der Waals surface area contributed by atoms with Crippen molar-refractivity contribution in [3.05, 3.63) is 4.91 Å². The van der Waals surface area contributed by atoms with Gasteiger partial charge in [-0.1, -0.05) is 0 Å². The first-order valence-corrected chi connectivity index (χ1v) is 3.10. The van der Waals surface area contributed by atoms with Crippen LogP contribution in [0.5, 0.6) is 0 Å². The van der Waals surface area contributed by atoms with Crippen LogP contribution in [0.3, 0.4) is 0 Å². The highest BCUT2D eigenvalue weighted by molar-refractivity contribution is 4.76. The number of alkyl halides is 2. The van der Waals surface area contributed by atoms with Crippen LogP contribution in [-0.4, -0.2) is 24.0 Å². The van der Waals surface area contributed by atoms with Gasteiger partial charge in [-0.05, 0) is 6.42 Å². The molecular formula is C5H8F2N2O. The SMILES string of the molecule is O=NN1CCCC(F)(F)C1. The molecule has 0 N–H and O–H groups in total. The van der Waals surface area contributed by atoms with Gasteiger partial charge in [-0.25, -0.2) is 8.78 Å². The third-order valence-corrected chi connectivity index (χ3v) is 1.49. The molecule has 0 aliphatic carbocycles. The van der Waals surface area contributed by atoms with Gasteiger partial charge in [-0.15, -0.1) is 4.91 Å². The van der Waals surface area contributed by atoms with Crippen LogP contribution in [0.25, 0.3) is 0 Å². The monoisotopic (exact) mass is 150 g/mol.